The van der Waals surface area contributed by atoms with Crippen LogP contribution in [-0.2, 0) is 9.53 Å². The van der Waals surface area contributed by atoms with E-state index in [1.807, 2.05) is 0 Å². The molecule has 1 aromatic heterocycles. The summed E-state index contributed by atoms with van der Waals surface area (Å²) >= 11 is 4.77. The molecule has 110 valence electrons. The highest BCUT2D eigenvalue weighted by molar-refractivity contribution is 9.11. The number of rotatable bonds is 6. The third kappa shape index (κ3) is 4.29. The monoisotopic (exact) mass is 361 g/mol. The van der Waals surface area contributed by atoms with Gasteiger partial charge in [0.25, 0.3) is 5.91 Å². The predicted octanol–water partition coefficient (Wildman–Crippen LogP) is 2.61. The maximum Gasteiger partial charge on any atom is 0.305 e. The van der Waals surface area contributed by atoms with E-state index in [0.29, 0.717) is 12.1 Å². The molecule has 1 unspecified atom stereocenters. The van der Waals surface area contributed by atoms with Crippen LogP contribution in [0.3, 0.4) is 0 Å². The number of carboxylic acid groups (broad SMARTS) is 1. The molecule has 1 aliphatic heterocycles. The normalized spacial score (nSPS) is 18.1. The average Bonchev–Trinajstić information content (AvgIpc) is 3.04. The molecule has 0 spiro atoms. The molecule has 1 aromatic rings. The van der Waals surface area contributed by atoms with E-state index in [0.717, 1.165) is 23.2 Å². The van der Waals surface area contributed by atoms with Gasteiger partial charge >= 0.3 is 5.97 Å². The Balaban J connectivity index is 2.03. The lowest BCUT2D eigenvalue weighted by Crippen LogP contribution is -2.38. The number of amides is 1. The highest BCUT2D eigenvalue weighted by Crippen LogP contribution is 2.22. The second-order valence-electron chi connectivity index (χ2n) is 4.67. The molecule has 5 nitrogen and oxygen atoms in total. The Hall–Kier alpha value is -0.920. The lowest BCUT2D eigenvalue weighted by molar-refractivity contribution is -0.137. The van der Waals surface area contributed by atoms with Gasteiger partial charge in [-0.2, -0.15) is 0 Å². The van der Waals surface area contributed by atoms with E-state index in [2.05, 4.69) is 15.9 Å². The van der Waals surface area contributed by atoms with Crippen LogP contribution in [0.5, 0.6) is 0 Å². The van der Waals surface area contributed by atoms with Crippen LogP contribution in [0.1, 0.15) is 29.6 Å². The Morgan fingerprint density at radius 3 is 2.90 bits per heavy atom. The first kappa shape index (κ1) is 15.5. The Labute approximate surface area is 129 Å². The summed E-state index contributed by atoms with van der Waals surface area (Å²) in [6.45, 7) is 1.39. The Bertz CT molecular complexity index is 484. The minimum absolute atomic E-state index is 0.0230. The van der Waals surface area contributed by atoms with E-state index in [9.17, 15) is 9.59 Å². The van der Waals surface area contributed by atoms with Gasteiger partial charge < -0.3 is 14.7 Å². The van der Waals surface area contributed by atoms with Crippen molar-refractivity contribution in [2.45, 2.75) is 25.4 Å². The number of carbonyl (C=O) groups is 2. The molecule has 2 heterocycles. The zero-order valence-corrected chi connectivity index (χ0v) is 13.3. The van der Waals surface area contributed by atoms with Crippen LogP contribution in [0.4, 0.5) is 0 Å². The Morgan fingerprint density at radius 1 is 1.55 bits per heavy atom. The summed E-state index contributed by atoms with van der Waals surface area (Å²) in [5.41, 5.74) is 0.588. The van der Waals surface area contributed by atoms with Gasteiger partial charge in [-0.3, -0.25) is 9.59 Å². The van der Waals surface area contributed by atoms with Crippen molar-refractivity contribution in [3.05, 3.63) is 20.8 Å². The van der Waals surface area contributed by atoms with Gasteiger partial charge in [0.2, 0.25) is 0 Å². The van der Waals surface area contributed by atoms with Crippen LogP contribution in [0.15, 0.2) is 15.2 Å². The average molecular weight is 362 g/mol. The third-order valence-electron chi connectivity index (χ3n) is 3.15. The summed E-state index contributed by atoms with van der Waals surface area (Å²) in [7, 11) is 0. The molecule has 1 saturated heterocycles. The minimum atomic E-state index is -0.901. The summed E-state index contributed by atoms with van der Waals surface area (Å²) in [4.78, 5) is 24.7. The highest BCUT2D eigenvalue weighted by atomic mass is 79.9. The lowest BCUT2D eigenvalue weighted by atomic mass is 10.2. The molecule has 1 aliphatic rings. The van der Waals surface area contributed by atoms with Crippen LogP contribution in [0, 0.1) is 0 Å². The summed E-state index contributed by atoms with van der Waals surface area (Å²) in [5, 5.41) is 10.6. The van der Waals surface area contributed by atoms with E-state index in [1.165, 1.54) is 11.3 Å². The van der Waals surface area contributed by atoms with E-state index in [1.54, 1.807) is 16.3 Å². The van der Waals surface area contributed by atoms with Crippen molar-refractivity contribution in [1.82, 2.24) is 4.90 Å². The van der Waals surface area contributed by atoms with Crippen molar-refractivity contribution in [2.24, 2.45) is 0 Å². The molecular weight excluding hydrogens is 346 g/mol. The molecule has 0 bridgehead atoms. The van der Waals surface area contributed by atoms with Gasteiger partial charge in [0, 0.05) is 25.1 Å². The predicted molar refractivity (Wildman–Crippen MR) is 79.1 cm³/mol. The molecule has 1 fully saturated rings. The molecule has 1 atom stereocenters. The van der Waals surface area contributed by atoms with Crippen molar-refractivity contribution in [2.75, 3.05) is 19.7 Å². The van der Waals surface area contributed by atoms with Crippen molar-refractivity contribution < 1.29 is 19.4 Å². The van der Waals surface area contributed by atoms with Crippen LogP contribution in [-0.4, -0.2) is 47.7 Å². The molecule has 0 radical (unpaired) electrons. The summed E-state index contributed by atoms with van der Waals surface area (Å²) < 4.78 is 6.42. The van der Waals surface area contributed by atoms with Crippen molar-refractivity contribution >= 4 is 39.1 Å². The van der Waals surface area contributed by atoms with Crippen LogP contribution in [0.2, 0.25) is 0 Å². The maximum absolute atomic E-state index is 12.4. The molecule has 0 saturated carbocycles. The number of thiophene rings is 1. The fourth-order valence-electron chi connectivity index (χ4n) is 2.15. The van der Waals surface area contributed by atoms with Gasteiger partial charge in [-0.05, 0) is 34.8 Å². The SMILES string of the molecule is O=C(O)CCN(CC1CCCO1)C(=O)c1csc(Br)c1. The van der Waals surface area contributed by atoms with E-state index >= 15 is 0 Å². The molecule has 20 heavy (non-hydrogen) atoms. The number of halogens is 1. The van der Waals surface area contributed by atoms with Crippen LogP contribution >= 0.6 is 27.3 Å². The number of carbonyl (C=O) groups excluding carboxylic acids is 1. The van der Waals surface area contributed by atoms with E-state index < -0.39 is 5.97 Å². The first-order chi connectivity index (χ1) is 9.56. The fraction of sp³-hybridized carbons (Fsp3) is 0.538. The molecular formula is C13H16BrNO4S. The first-order valence-corrected chi connectivity index (χ1v) is 8.10. The van der Waals surface area contributed by atoms with Gasteiger partial charge in [-0.25, -0.2) is 0 Å². The van der Waals surface area contributed by atoms with Crippen LogP contribution in [0.25, 0.3) is 0 Å². The molecule has 1 N–H and O–H groups in total. The zero-order chi connectivity index (χ0) is 14.5. The van der Waals surface area contributed by atoms with Gasteiger partial charge in [0.1, 0.15) is 0 Å². The van der Waals surface area contributed by atoms with Crippen molar-refractivity contribution in [3.8, 4) is 0 Å². The first-order valence-electron chi connectivity index (χ1n) is 6.43. The molecule has 7 heteroatoms. The second-order valence-corrected chi connectivity index (χ2v) is 6.96. The molecule has 2 rings (SSSR count). The van der Waals surface area contributed by atoms with Gasteiger partial charge in [0.05, 0.1) is 21.9 Å². The Morgan fingerprint density at radius 2 is 2.35 bits per heavy atom. The van der Waals surface area contributed by atoms with Crippen molar-refractivity contribution in [1.29, 1.82) is 0 Å². The van der Waals surface area contributed by atoms with E-state index in [-0.39, 0.29) is 25.0 Å². The number of ether oxygens (including phenoxy) is 1. The number of aliphatic carboxylic acids is 1. The topological polar surface area (TPSA) is 66.8 Å². The van der Waals surface area contributed by atoms with Gasteiger partial charge in [-0.1, -0.05) is 0 Å². The molecule has 0 aliphatic carbocycles. The second kappa shape index (κ2) is 7.19. The van der Waals surface area contributed by atoms with Gasteiger partial charge in [0.15, 0.2) is 0 Å². The van der Waals surface area contributed by atoms with E-state index in [4.69, 9.17) is 9.84 Å². The number of hydrogen-bond acceptors (Lipinski definition) is 4. The summed E-state index contributed by atoms with van der Waals surface area (Å²) in [5.74, 6) is -1.04. The quantitative estimate of drug-likeness (QED) is 0.845. The zero-order valence-electron chi connectivity index (χ0n) is 10.9. The summed E-state index contributed by atoms with van der Waals surface area (Å²) in [6.07, 6.45) is 1.89. The smallest absolute Gasteiger partial charge is 0.305 e. The van der Waals surface area contributed by atoms with Gasteiger partial charge in [-0.15, -0.1) is 11.3 Å². The standard InChI is InChI=1S/C13H16BrNO4S/c14-11-6-9(8-20-11)13(18)15(4-3-12(16)17)7-10-2-1-5-19-10/h6,8,10H,1-5,7H2,(H,16,17). The number of hydrogen-bond donors (Lipinski definition) is 1. The Kier molecular flexibility index (Phi) is 5.56. The number of carboxylic acids is 1. The maximum atomic E-state index is 12.4. The summed E-state index contributed by atoms with van der Waals surface area (Å²) in [6, 6.07) is 1.76. The largest absolute Gasteiger partial charge is 0.481 e. The van der Waals surface area contributed by atoms with Crippen LogP contribution < -0.4 is 0 Å². The number of nitrogens with zero attached hydrogens (tertiary/aromatic N) is 1. The molecule has 0 aromatic carbocycles. The highest BCUT2D eigenvalue weighted by Gasteiger charge is 2.24. The molecule has 1 amide bonds. The minimum Gasteiger partial charge on any atom is -0.481 e. The fourth-order valence-corrected chi connectivity index (χ4v) is 3.28. The third-order valence-corrected chi connectivity index (χ3v) is 4.65. The van der Waals surface area contributed by atoms with Crippen molar-refractivity contribution in [3.63, 3.8) is 0 Å². The lowest BCUT2D eigenvalue weighted by Gasteiger charge is -2.24.